The molecule has 2 fully saturated rings. The van der Waals surface area contributed by atoms with E-state index in [9.17, 15) is 4.79 Å². The van der Waals surface area contributed by atoms with Gasteiger partial charge in [0.25, 0.3) is 0 Å². The lowest BCUT2D eigenvalue weighted by atomic mass is 9.94. The SMILES string of the molecule is CCOc1ccccc1N1CCN(C(=O)C2CCN(Cc3cccnc3)CC2)CC1. The van der Waals surface area contributed by atoms with Gasteiger partial charge in [-0.15, -0.1) is 0 Å². The molecule has 0 bridgehead atoms. The van der Waals surface area contributed by atoms with Gasteiger partial charge in [-0.2, -0.15) is 0 Å². The smallest absolute Gasteiger partial charge is 0.225 e. The van der Waals surface area contributed by atoms with E-state index >= 15 is 0 Å². The van der Waals surface area contributed by atoms with Crippen LogP contribution >= 0.6 is 0 Å². The number of carbonyl (C=O) groups is 1. The number of piperidine rings is 1. The molecule has 0 saturated carbocycles. The maximum atomic E-state index is 13.1. The van der Waals surface area contributed by atoms with Crippen LogP contribution in [0.25, 0.3) is 0 Å². The van der Waals surface area contributed by atoms with Gasteiger partial charge in [-0.05, 0) is 56.6 Å². The van der Waals surface area contributed by atoms with Crippen molar-refractivity contribution in [3.63, 3.8) is 0 Å². The van der Waals surface area contributed by atoms with Crippen LogP contribution in [0.2, 0.25) is 0 Å². The van der Waals surface area contributed by atoms with Gasteiger partial charge in [-0.25, -0.2) is 0 Å². The summed E-state index contributed by atoms with van der Waals surface area (Å²) in [6.45, 7) is 8.84. The predicted octanol–water partition coefficient (Wildman–Crippen LogP) is 3.04. The van der Waals surface area contributed by atoms with Crippen LogP contribution in [-0.2, 0) is 11.3 Å². The topological polar surface area (TPSA) is 48.9 Å². The molecule has 160 valence electrons. The van der Waals surface area contributed by atoms with Crippen LogP contribution in [0.1, 0.15) is 25.3 Å². The summed E-state index contributed by atoms with van der Waals surface area (Å²) in [5.41, 5.74) is 2.38. The zero-order valence-corrected chi connectivity index (χ0v) is 17.9. The Hall–Kier alpha value is -2.60. The van der Waals surface area contributed by atoms with Crippen LogP contribution in [0.4, 0.5) is 5.69 Å². The minimum absolute atomic E-state index is 0.164. The van der Waals surface area contributed by atoms with Crippen LogP contribution in [-0.4, -0.2) is 66.6 Å². The predicted molar refractivity (Wildman–Crippen MR) is 119 cm³/mol. The molecule has 6 heteroatoms. The number of carbonyl (C=O) groups excluding carboxylic acids is 1. The number of pyridine rings is 1. The molecular formula is C24H32N4O2. The van der Waals surface area contributed by atoms with Crippen LogP contribution in [0.3, 0.4) is 0 Å². The second-order valence-corrected chi connectivity index (χ2v) is 8.12. The Morgan fingerprint density at radius 3 is 2.50 bits per heavy atom. The molecule has 0 spiro atoms. The molecule has 2 aliphatic heterocycles. The zero-order chi connectivity index (χ0) is 20.8. The lowest BCUT2D eigenvalue weighted by molar-refractivity contribution is -0.137. The van der Waals surface area contributed by atoms with Gasteiger partial charge in [0.2, 0.25) is 5.91 Å². The fraction of sp³-hybridized carbons (Fsp3) is 0.500. The maximum absolute atomic E-state index is 13.1. The third-order valence-electron chi connectivity index (χ3n) is 6.16. The van der Waals surface area contributed by atoms with Gasteiger partial charge in [-0.1, -0.05) is 18.2 Å². The van der Waals surface area contributed by atoms with Crippen molar-refractivity contribution in [2.75, 3.05) is 50.8 Å². The van der Waals surface area contributed by atoms with Crippen molar-refractivity contribution in [2.45, 2.75) is 26.3 Å². The van der Waals surface area contributed by atoms with E-state index in [-0.39, 0.29) is 5.92 Å². The molecule has 3 heterocycles. The number of hydrogen-bond acceptors (Lipinski definition) is 5. The van der Waals surface area contributed by atoms with E-state index in [2.05, 4.69) is 37.9 Å². The Bertz CT molecular complexity index is 813. The summed E-state index contributed by atoms with van der Waals surface area (Å²) >= 11 is 0. The Balaban J connectivity index is 1.26. The molecular weight excluding hydrogens is 376 g/mol. The zero-order valence-electron chi connectivity index (χ0n) is 17.9. The quantitative estimate of drug-likeness (QED) is 0.735. The first-order valence-electron chi connectivity index (χ1n) is 11.1. The summed E-state index contributed by atoms with van der Waals surface area (Å²) in [6.07, 6.45) is 5.64. The number of para-hydroxylation sites is 2. The van der Waals surface area contributed by atoms with Gasteiger partial charge in [0.05, 0.1) is 12.3 Å². The van der Waals surface area contributed by atoms with E-state index in [1.807, 2.05) is 37.5 Å². The van der Waals surface area contributed by atoms with Crippen molar-refractivity contribution in [3.05, 3.63) is 54.4 Å². The highest BCUT2D eigenvalue weighted by Crippen LogP contribution is 2.29. The number of nitrogens with zero attached hydrogens (tertiary/aromatic N) is 4. The minimum atomic E-state index is 0.164. The number of amides is 1. The van der Waals surface area contributed by atoms with Gasteiger partial charge in [0, 0.05) is 51.0 Å². The molecule has 0 radical (unpaired) electrons. The largest absolute Gasteiger partial charge is 0.492 e. The third kappa shape index (κ3) is 4.93. The van der Waals surface area contributed by atoms with Gasteiger partial charge in [-0.3, -0.25) is 14.7 Å². The number of likely N-dealkylation sites (tertiary alicyclic amines) is 1. The Morgan fingerprint density at radius 1 is 1.03 bits per heavy atom. The van der Waals surface area contributed by atoms with Crippen molar-refractivity contribution in [3.8, 4) is 5.75 Å². The van der Waals surface area contributed by atoms with E-state index in [0.717, 1.165) is 70.1 Å². The fourth-order valence-electron chi connectivity index (χ4n) is 4.51. The van der Waals surface area contributed by atoms with Crippen LogP contribution < -0.4 is 9.64 Å². The number of ether oxygens (including phenoxy) is 1. The first-order chi connectivity index (χ1) is 14.7. The van der Waals surface area contributed by atoms with Gasteiger partial charge in [0.1, 0.15) is 5.75 Å². The highest BCUT2D eigenvalue weighted by Gasteiger charge is 2.30. The molecule has 2 aliphatic rings. The molecule has 1 aromatic heterocycles. The summed E-state index contributed by atoms with van der Waals surface area (Å²) in [4.78, 5) is 24.1. The van der Waals surface area contributed by atoms with Gasteiger partial charge in [0.15, 0.2) is 0 Å². The average molecular weight is 409 g/mol. The number of aromatic nitrogens is 1. The summed E-state index contributed by atoms with van der Waals surface area (Å²) in [7, 11) is 0. The lowest BCUT2D eigenvalue weighted by Gasteiger charge is -2.39. The van der Waals surface area contributed by atoms with Crippen molar-refractivity contribution < 1.29 is 9.53 Å². The van der Waals surface area contributed by atoms with E-state index in [1.165, 1.54) is 5.56 Å². The summed E-state index contributed by atoms with van der Waals surface area (Å²) in [5.74, 6) is 1.44. The Kier molecular flexibility index (Phi) is 6.84. The number of hydrogen-bond donors (Lipinski definition) is 0. The second kappa shape index (κ2) is 9.94. The van der Waals surface area contributed by atoms with Crippen LogP contribution in [0.5, 0.6) is 5.75 Å². The first-order valence-corrected chi connectivity index (χ1v) is 11.1. The Labute approximate surface area is 179 Å². The lowest BCUT2D eigenvalue weighted by Crippen LogP contribution is -2.51. The first kappa shape index (κ1) is 20.7. The number of anilines is 1. The molecule has 4 rings (SSSR count). The molecule has 0 N–H and O–H groups in total. The third-order valence-corrected chi connectivity index (χ3v) is 6.16. The normalized spacial score (nSPS) is 18.4. The van der Waals surface area contributed by atoms with Crippen LogP contribution in [0.15, 0.2) is 48.8 Å². The van der Waals surface area contributed by atoms with E-state index in [4.69, 9.17) is 4.74 Å². The van der Waals surface area contributed by atoms with Gasteiger partial charge < -0.3 is 14.5 Å². The monoisotopic (exact) mass is 408 g/mol. The van der Waals surface area contributed by atoms with Crippen molar-refractivity contribution in [1.82, 2.24) is 14.8 Å². The molecule has 6 nitrogen and oxygen atoms in total. The van der Waals surface area contributed by atoms with Crippen molar-refractivity contribution in [1.29, 1.82) is 0 Å². The number of rotatable bonds is 6. The average Bonchev–Trinajstić information content (AvgIpc) is 2.81. The van der Waals surface area contributed by atoms with Crippen molar-refractivity contribution >= 4 is 11.6 Å². The fourth-order valence-corrected chi connectivity index (χ4v) is 4.51. The summed E-state index contributed by atoms with van der Waals surface area (Å²) in [5, 5.41) is 0. The molecule has 0 atom stereocenters. The van der Waals surface area contributed by atoms with Crippen molar-refractivity contribution in [2.24, 2.45) is 5.92 Å². The molecule has 30 heavy (non-hydrogen) atoms. The molecule has 1 amide bonds. The highest BCUT2D eigenvalue weighted by molar-refractivity contribution is 5.79. The summed E-state index contributed by atoms with van der Waals surface area (Å²) < 4.78 is 5.78. The van der Waals surface area contributed by atoms with E-state index in [1.54, 1.807) is 0 Å². The molecule has 2 saturated heterocycles. The standard InChI is InChI=1S/C24H32N4O2/c1-2-30-23-8-4-3-7-22(23)27-14-16-28(17-15-27)24(29)21-9-12-26(13-10-21)19-20-6-5-11-25-18-20/h3-8,11,18,21H,2,9-10,12-17,19H2,1H3. The van der Waals surface area contributed by atoms with E-state index < -0.39 is 0 Å². The Morgan fingerprint density at radius 2 is 1.80 bits per heavy atom. The van der Waals surface area contributed by atoms with Gasteiger partial charge >= 0.3 is 0 Å². The molecule has 1 aromatic carbocycles. The highest BCUT2D eigenvalue weighted by atomic mass is 16.5. The number of piperazine rings is 1. The van der Waals surface area contributed by atoms with E-state index in [0.29, 0.717) is 12.5 Å². The van der Waals surface area contributed by atoms with Crippen LogP contribution in [0, 0.1) is 5.92 Å². The minimum Gasteiger partial charge on any atom is -0.492 e. The summed E-state index contributed by atoms with van der Waals surface area (Å²) in [6, 6.07) is 12.3. The molecule has 0 unspecified atom stereocenters. The second-order valence-electron chi connectivity index (χ2n) is 8.12. The molecule has 0 aliphatic carbocycles. The number of benzene rings is 1. The maximum Gasteiger partial charge on any atom is 0.225 e. The molecule has 2 aromatic rings.